The van der Waals surface area contributed by atoms with Gasteiger partial charge in [0.15, 0.2) is 0 Å². The second-order valence-corrected chi connectivity index (χ2v) is 5.24. The third-order valence-corrected chi connectivity index (χ3v) is 3.60. The Kier molecular flexibility index (Phi) is 4.76. The van der Waals surface area contributed by atoms with Crippen molar-refractivity contribution in [1.82, 2.24) is 0 Å². The molecular formula is C15H22NO2+. The number of nitrogens with one attached hydrogen (secondary N) is 1. The fourth-order valence-corrected chi connectivity index (χ4v) is 2.58. The van der Waals surface area contributed by atoms with Crippen LogP contribution in [0.15, 0.2) is 24.3 Å². The SMILES string of the molecule is C[C@@H]1CCC[NH+](CCOc2ccc(C=O)cc2)C1. The largest absolute Gasteiger partial charge is 0.488 e. The Labute approximate surface area is 109 Å². The van der Waals surface area contributed by atoms with E-state index in [9.17, 15) is 4.79 Å². The zero-order chi connectivity index (χ0) is 12.8. The summed E-state index contributed by atoms with van der Waals surface area (Å²) >= 11 is 0. The van der Waals surface area contributed by atoms with Crippen LogP contribution in [-0.4, -0.2) is 32.5 Å². The first-order valence-corrected chi connectivity index (χ1v) is 6.79. The van der Waals surface area contributed by atoms with E-state index >= 15 is 0 Å². The number of piperidine rings is 1. The van der Waals surface area contributed by atoms with Crippen molar-refractivity contribution < 1.29 is 14.4 Å². The van der Waals surface area contributed by atoms with E-state index in [0.29, 0.717) is 5.56 Å². The lowest BCUT2D eigenvalue weighted by Gasteiger charge is -2.27. The molecule has 0 aliphatic carbocycles. The van der Waals surface area contributed by atoms with Crippen LogP contribution in [0.3, 0.4) is 0 Å². The molecule has 1 aliphatic rings. The molecule has 2 rings (SSSR count). The Bertz CT molecular complexity index is 375. The van der Waals surface area contributed by atoms with E-state index in [1.54, 1.807) is 17.0 Å². The standard InChI is InChI=1S/C15H21NO2/c1-13-3-2-8-16(11-13)9-10-18-15-6-4-14(12-17)5-7-15/h4-7,12-13H,2-3,8-11H2,1H3/p+1/t13-/m1/s1. The molecule has 0 radical (unpaired) electrons. The summed E-state index contributed by atoms with van der Waals surface area (Å²) in [5, 5.41) is 0. The van der Waals surface area contributed by atoms with Gasteiger partial charge in [-0.3, -0.25) is 4.79 Å². The number of likely N-dealkylation sites (tertiary alicyclic amines) is 1. The van der Waals surface area contributed by atoms with Gasteiger partial charge in [0.25, 0.3) is 0 Å². The minimum absolute atomic E-state index is 0.692. The number of hydrogen-bond donors (Lipinski definition) is 1. The maximum Gasteiger partial charge on any atom is 0.150 e. The Morgan fingerprint density at radius 1 is 1.39 bits per heavy atom. The van der Waals surface area contributed by atoms with E-state index < -0.39 is 0 Å². The highest BCUT2D eigenvalue weighted by Gasteiger charge is 2.18. The molecule has 1 unspecified atom stereocenters. The average Bonchev–Trinajstić information content (AvgIpc) is 2.40. The van der Waals surface area contributed by atoms with Crippen molar-refractivity contribution in [2.75, 3.05) is 26.2 Å². The van der Waals surface area contributed by atoms with Crippen molar-refractivity contribution in [3.05, 3.63) is 29.8 Å². The van der Waals surface area contributed by atoms with Crippen LogP contribution in [0.25, 0.3) is 0 Å². The fourth-order valence-electron chi connectivity index (χ4n) is 2.58. The van der Waals surface area contributed by atoms with E-state index in [1.165, 1.54) is 25.9 Å². The molecule has 1 aromatic carbocycles. The minimum atomic E-state index is 0.692. The average molecular weight is 248 g/mol. The van der Waals surface area contributed by atoms with Crippen LogP contribution in [0.2, 0.25) is 0 Å². The normalized spacial score (nSPS) is 23.6. The monoisotopic (exact) mass is 248 g/mol. The molecule has 1 saturated heterocycles. The van der Waals surface area contributed by atoms with E-state index in [2.05, 4.69) is 6.92 Å². The molecule has 0 bridgehead atoms. The first kappa shape index (κ1) is 13.1. The molecule has 2 atom stereocenters. The molecule has 0 amide bonds. The number of carbonyl (C=O) groups is 1. The number of rotatable bonds is 5. The number of quaternary nitrogens is 1. The van der Waals surface area contributed by atoms with E-state index in [-0.39, 0.29) is 0 Å². The van der Waals surface area contributed by atoms with Crippen LogP contribution in [0.4, 0.5) is 0 Å². The highest BCUT2D eigenvalue weighted by Crippen LogP contribution is 2.10. The summed E-state index contributed by atoms with van der Waals surface area (Å²) in [6.45, 7) is 6.70. The van der Waals surface area contributed by atoms with Crippen molar-refractivity contribution in [2.45, 2.75) is 19.8 Å². The zero-order valence-electron chi connectivity index (χ0n) is 11.0. The summed E-state index contributed by atoms with van der Waals surface area (Å²) in [7, 11) is 0. The lowest BCUT2D eigenvalue weighted by atomic mass is 10.0. The molecule has 0 aromatic heterocycles. The Hall–Kier alpha value is -1.35. The van der Waals surface area contributed by atoms with Gasteiger partial charge in [-0.2, -0.15) is 0 Å². The molecule has 1 aliphatic heterocycles. The zero-order valence-corrected chi connectivity index (χ0v) is 11.0. The number of carbonyl (C=O) groups excluding carboxylic acids is 1. The van der Waals surface area contributed by atoms with Gasteiger partial charge in [0.05, 0.1) is 13.1 Å². The minimum Gasteiger partial charge on any atom is -0.488 e. The second-order valence-electron chi connectivity index (χ2n) is 5.24. The van der Waals surface area contributed by atoms with Gasteiger partial charge in [-0.25, -0.2) is 0 Å². The van der Waals surface area contributed by atoms with E-state index in [0.717, 1.165) is 31.1 Å². The fraction of sp³-hybridized carbons (Fsp3) is 0.533. The van der Waals surface area contributed by atoms with Gasteiger partial charge in [0, 0.05) is 11.5 Å². The van der Waals surface area contributed by atoms with Gasteiger partial charge >= 0.3 is 0 Å². The summed E-state index contributed by atoms with van der Waals surface area (Å²) in [5.41, 5.74) is 0.692. The molecule has 3 nitrogen and oxygen atoms in total. The van der Waals surface area contributed by atoms with Crippen LogP contribution in [0.1, 0.15) is 30.1 Å². The van der Waals surface area contributed by atoms with Crippen LogP contribution < -0.4 is 9.64 Å². The lowest BCUT2D eigenvalue weighted by Crippen LogP contribution is -3.14. The smallest absolute Gasteiger partial charge is 0.150 e. The van der Waals surface area contributed by atoms with E-state index in [4.69, 9.17) is 4.74 Å². The van der Waals surface area contributed by atoms with Crippen molar-refractivity contribution in [3.63, 3.8) is 0 Å². The van der Waals surface area contributed by atoms with Gasteiger partial charge in [0.1, 0.15) is 25.2 Å². The van der Waals surface area contributed by atoms with Crippen LogP contribution in [-0.2, 0) is 0 Å². The second kappa shape index (κ2) is 6.55. The van der Waals surface area contributed by atoms with Gasteiger partial charge in [-0.15, -0.1) is 0 Å². The lowest BCUT2D eigenvalue weighted by molar-refractivity contribution is -0.908. The first-order chi connectivity index (χ1) is 8.78. The van der Waals surface area contributed by atoms with Crippen molar-refractivity contribution >= 4 is 6.29 Å². The molecule has 1 heterocycles. The topological polar surface area (TPSA) is 30.7 Å². The quantitative estimate of drug-likeness (QED) is 0.794. The Morgan fingerprint density at radius 3 is 2.83 bits per heavy atom. The van der Waals surface area contributed by atoms with Crippen LogP contribution in [0.5, 0.6) is 5.75 Å². The van der Waals surface area contributed by atoms with Crippen molar-refractivity contribution in [1.29, 1.82) is 0 Å². The maximum atomic E-state index is 10.5. The number of aldehydes is 1. The molecule has 1 fully saturated rings. The van der Waals surface area contributed by atoms with Gasteiger partial charge in [0.2, 0.25) is 0 Å². The highest BCUT2D eigenvalue weighted by molar-refractivity contribution is 5.74. The van der Waals surface area contributed by atoms with E-state index in [1.807, 2.05) is 12.1 Å². The summed E-state index contributed by atoms with van der Waals surface area (Å²) in [6.07, 6.45) is 3.56. The van der Waals surface area contributed by atoms with Crippen molar-refractivity contribution in [3.8, 4) is 5.75 Å². The first-order valence-electron chi connectivity index (χ1n) is 6.79. The highest BCUT2D eigenvalue weighted by atomic mass is 16.5. The van der Waals surface area contributed by atoms with Gasteiger partial charge in [-0.1, -0.05) is 6.92 Å². The van der Waals surface area contributed by atoms with Gasteiger partial charge < -0.3 is 9.64 Å². The summed E-state index contributed by atoms with van der Waals surface area (Å²) in [6, 6.07) is 7.30. The molecule has 0 spiro atoms. The van der Waals surface area contributed by atoms with Crippen LogP contribution >= 0.6 is 0 Å². The third kappa shape index (κ3) is 3.84. The van der Waals surface area contributed by atoms with Crippen molar-refractivity contribution in [2.24, 2.45) is 5.92 Å². The Balaban J connectivity index is 1.72. The summed E-state index contributed by atoms with van der Waals surface area (Å²) in [5.74, 6) is 1.70. The third-order valence-electron chi connectivity index (χ3n) is 3.60. The predicted octanol–water partition coefficient (Wildman–Crippen LogP) is 1.19. The molecule has 1 aromatic rings. The van der Waals surface area contributed by atoms with Crippen LogP contribution in [0, 0.1) is 5.92 Å². The molecule has 1 N–H and O–H groups in total. The number of benzene rings is 1. The molecule has 18 heavy (non-hydrogen) atoms. The molecule has 0 saturated carbocycles. The molecule has 98 valence electrons. The maximum absolute atomic E-state index is 10.5. The number of ether oxygens (including phenoxy) is 1. The molecule has 3 heteroatoms. The predicted molar refractivity (Wildman–Crippen MR) is 71.3 cm³/mol. The molecular weight excluding hydrogens is 226 g/mol. The number of hydrogen-bond acceptors (Lipinski definition) is 2. The Morgan fingerprint density at radius 2 is 2.17 bits per heavy atom. The summed E-state index contributed by atoms with van der Waals surface area (Å²) in [4.78, 5) is 12.2. The summed E-state index contributed by atoms with van der Waals surface area (Å²) < 4.78 is 5.71. The van der Waals surface area contributed by atoms with Gasteiger partial charge in [-0.05, 0) is 37.1 Å².